The highest BCUT2D eigenvalue weighted by molar-refractivity contribution is 7.92. The molecule has 2 N–H and O–H groups in total. The van der Waals surface area contributed by atoms with Crippen LogP contribution in [0.2, 0.25) is 0 Å². The molecule has 0 aliphatic heterocycles. The number of aromatic amines is 1. The van der Waals surface area contributed by atoms with Gasteiger partial charge in [-0.3, -0.25) is 4.72 Å². The third-order valence-corrected chi connectivity index (χ3v) is 5.68. The molecule has 0 spiro atoms. The minimum Gasteiger partial charge on any atom is -0.381 e. The van der Waals surface area contributed by atoms with Gasteiger partial charge >= 0.3 is 6.18 Å². The molecule has 27 heavy (non-hydrogen) atoms. The molecule has 1 unspecified atom stereocenters. The molecule has 0 radical (unpaired) electrons. The zero-order valence-corrected chi connectivity index (χ0v) is 14.6. The van der Waals surface area contributed by atoms with E-state index < -0.39 is 39.3 Å². The molecule has 0 aromatic carbocycles. The Balaban J connectivity index is 1.93. The van der Waals surface area contributed by atoms with Crippen molar-refractivity contribution in [3.8, 4) is 0 Å². The van der Waals surface area contributed by atoms with Gasteiger partial charge in [0.15, 0.2) is 11.6 Å². The molecule has 0 saturated heterocycles. The topological polar surface area (TPSA) is 84.1 Å². The number of hydrogen-bond acceptors (Lipinski definition) is 4. The summed E-state index contributed by atoms with van der Waals surface area (Å²) in [6.45, 7) is 0. The highest BCUT2D eigenvalue weighted by atomic mass is 32.2. The molecule has 0 fully saturated rings. The summed E-state index contributed by atoms with van der Waals surface area (Å²) < 4.78 is 97.1. The van der Waals surface area contributed by atoms with Crippen LogP contribution in [0.1, 0.15) is 23.2 Å². The molecule has 1 aliphatic rings. The minimum atomic E-state index is -5.16. The van der Waals surface area contributed by atoms with E-state index in [0.29, 0.717) is 30.5 Å². The standard InChI is InChI=1S/C15H14F5N3O3S/c1-26-7-2-3-8-11(4-7)21-6-12(8)27(24,25)23-14-10(16)5-9(13(17)22-14)15(18,19)20/h5-7,21H,2-4H2,1H3,(H,22,23). The Morgan fingerprint density at radius 2 is 2.04 bits per heavy atom. The number of rotatable bonds is 4. The van der Waals surface area contributed by atoms with Crippen molar-refractivity contribution in [3.05, 3.63) is 40.8 Å². The molecule has 1 aliphatic carbocycles. The van der Waals surface area contributed by atoms with Crippen LogP contribution in [0.3, 0.4) is 0 Å². The van der Waals surface area contributed by atoms with Crippen LogP contribution in [0.15, 0.2) is 17.2 Å². The molecule has 0 saturated carbocycles. The number of nitrogens with one attached hydrogen (secondary N) is 2. The monoisotopic (exact) mass is 411 g/mol. The number of fused-ring (bicyclic) bond motifs is 1. The van der Waals surface area contributed by atoms with Crippen molar-refractivity contribution in [1.29, 1.82) is 0 Å². The van der Waals surface area contributed by atoms with Gasteiger partial charge < -0.3 is 9.72 Å². The summed E-state index contributed by atoms with van der Waals surface area (Å²) in [6, 6.07) is -0.143. The van der Waals surface area contributed by atoms with Gasteiger partial charge in [-0.25, -0.2) is 12.8 Å². The number of ether oxygens (including phenoxy) is 1. The summed E-state index contributed by atoms with van der Waals surface area (Å²) in [5.74, 6) is -4.82. The molecule has 2 aromatic heterocycles. The number of aromatic nitrogens is 2. The van der Waals surface area contributed by atoms with Crippen LogP contribution in [0.5, 0.6) is 0 Å². The maximum Gasteiger partial charge on any atom is 0.420 e. The molecule has 6 nitrogen and oxygen atoms in total. The first kappa shape index (κ1) is 19.5. The van der Waals surface area contributed by atoms with Crippen molar-refractivity contribution in [3.63, 3.8) is 0 Å². The average Bonchev–Trinajstić information content (AvgIpc) is 3.00. The number of sulfonamides is 1. The van der Waals surface area contributed by atoms with Gasteiger partial charge in [-0.15, -0.1) is 0 Å². The van der Waals surface area contributed by atoms with E-state index in [0.717, 1.165) is 0 Å². The van der Waals surface area contributed by atoms with Gasteiger partial charge in [0.05, 0.1) is 6.10 Å². The second-order valence-corrected chi connectivity index (χ2v) is 7.62. The van der Waals surface area contributed by atoms with E-state index in [1.807, 2.05) is 0 Å². The SMILES string of the molecule is COC1CCc2c(S(=O)(=O)Nc3nc(F)c(C(F)(F)F)cc3F)c[nH]c2C1. The normalized spacial score (nSPS) is 17.6. The third-order valence-electron chi connectivity index (χ3n) is 4.28. The first-order valence-corrected chi connectivity index (χ1v) is 9.19. The van der Waals surface area contributed by atoms with E-state index in [1.54, 1.807) is 4.72 Å². The first-order valence-electron chi connectivity index (χ1n) is 7.71. The van der Waals surface area contributed by atoms with Crippen LogP contribution in [0.4, 0.5) is 27.8 Å². The number of nitrogens with zero attached hydrogens (tertiary/aromatic N) is 1. The van der Waals surface area contributed by atoms with Crippen molar-refractivity contribution < 1.29 is 35.1 Å². The number of pyridine rings is 1. The quantitative estimate of drug-likeness (QED) is 0.599. The largest absolute Gasteiger partial charge is 0.420 e. The van der Waals surface area contributed by atoms with Gasteiger partial charge in [0.2, 0.25) is 5.95 Å². The van der Waals surface area contributed by atoms with Crippen molar-refractivity contribution >= 4 is 15.8 Å². The molecule has 12 heteroatoms. The second-order valence-electron chi connectivity index (χ2n) is 5.97. The maximum absolute atomic E-state index is 13.9. The Labute approximate surface area is 150 Å². The van der Waals surface area contributed by atoms with Crippen LogP contribution in [-0.2, 0) is 33.8 Å². The number of alkyl halides is 3. The Bertz CT molecular complexity index is 972. The average molecular weight is 411 g/mol. The van der Waals surface area contributed by atoms with Crippen LogP contribution in [-0.4, -0.2) is 31.6 Å². The Morgan fingerprint density at radius 1 is 1.33 bits per heavy atom. The van der Waals surface area contributed by atoms with Crippen molar-refractivity contribution in [2.45, 2.75) is 36.4 Å². The fourth-order valence-corrected chi connectivity index (χ4v) is 4.20. The highest BCUT2D eigenvalue weighted by Gasteiger charge is 2.37. The Kier molecular flexibility index (Phi) is 4.89. The van der Waals surface area contributed by atoms with Crippen molar-refractivity contribution in [2.24, 2.45) is 0 Å². The van der Waals surface area contributed by atoms with Gasteiger partial charge in [-0.1, -0.05) is 0 Å². The fraction of sp³-hybridized carbons (Fsp3) is 0.400. The van der Waals surface area contributed by atoms with E-state index >= 15 is 0 Å². The van der Waals surface area contributed by atoms with Crippen molar-refractivity contribution in [2.75, 3.05) is 11.8 Å². The van der Waals surface area contributed by atoms with Crippen LogP contribution in [0, 0.1) is 11.8 Å². The summed E-state index contributed by atoms with van der Waals surface area (Å²) >= 11 is 0. The minimum absolute atomic E-state index is 0.0808. The number of anilines is 1. The second kappa shape index (κ2) is 6.75. The summed E-state index contributed by atoms with van der Waals surface area (Å²) in [6.07, 6.45) is -2.68. The Hall–Kier alpha value is -2.21. The summed E-state index contributed by atoms with van der Waals surface area (Å²) in [5.41, 5.74) is -0.836. The summed E-state index contributed by atoms with van der Waals surface area (Å²) in [5, 5.41) is 0. The molecular formula is C15H14F5N3O3S. The number of hydrogen-bond donors (Lipinski definition) is 2. The number of H-pyrrole nitrogens is 1. The van der Waals surface area contributed by atoms with E-state index in [-0.39, 0.29) is 17.1 Å². The van der Waals surface area contributed by atoms with Gasteiger partial charge in [0.1, 0.15) is 10.5 Å². The lowest BCUT2D eigenvalue weighted by molar-refractivity contribution is -0.140. The molecule has 3 rings (SSSR count). The van der Waals surface area contributed by atoms with Gasteiger partial charge in [-0.2, -0.15) is 22.5 Å². The molecule has 0 amide bonds. The summed E-state index contributed by atoms with van der Waals surface area (Å²) in [7, 11) is -2.86. The molecular weight excluding hydrogens is 397 g/mol. The van der Waals surface area contributed by atoms with Gasteiger partial charge in [0, 0.05) is 25.4 Å². The molecule has 148 valence electrons. The first-order chi connectivity index (χ1) is 12.5. The molecule has 2 aromatic rings. The lowest BCUT2D eigenvalue weighted by atomic mass is 9.95. The third kappa shape index (κ3) is 3.76. The van der Waals surface area contributed by atoms with Gasteiger partial charge in [-0.05, 0) is 24.5 Å². The molecule has 0 bridgehead atoms. The predicted molar refractivity (Wildman–Crippen MR) is 83.6 cm³/mol. The van der Waals surface area contributed by atoms with Crippen LogP contribution in [0.25, 0.3) is 0 Å². The van der Waals surface area contributed by atoms with Crippen LogP contribution < -0.4 is 4.72 Å². The molecule has 1 atom stereocenters. The van der Waals surface area contributed by atoms with E-state index in [4.69, 9.17) is 4.74 Å². The molecule has 2 heterocycles. The highest BCUT2D eigenvalue weighted by Crippen LogP contribution is 2.33. The lowest BCUT2D eigenvalue weighted by Gasteiger charge is -2.21. The van der Waals surface area contributed by atoms with Crippen LogP contribution >= 0.6 is 0 Å². The fourth-order valence-electron chi connectivity index (χ4n) is 2.93. The zero-order valence-electron chi connectivity index (χ0n) is 13.8. The number of methoxy groups -OCH3 is 1. The van der Waals surface area contributed by atoms with Crippen molar-refractivity contribution in [1.82, 2.24) is 9.97 Å². The van der Waals surface area contributed by atoms with Gasteiger partial charge in [0.25, 0.3) is 10.0 Å². The maximum atomic E-state index is 13.9. The smallest absolute Gasteiger partial charge is 0.381 e. The van der Waals surface area contributed by atoms with E-state index in [1.165, 1.54) is 13.3 Å². The predicted octanol–water partition coefficient (Wildman–Crippen LogP) is 3.01. The Morgan fingerprint density at radius 3 is 2.67 bits per heavy atom. The number of halogens is 5. The lowest BCUT2D eigenvalue weighted by Crippen LogP contribution is -2.23. The van der Waals surface area contributed by atoms with E-state index in [9.17, 15) is 30.4 Å². The summed E-state index contributed by atoms with van der Waals surface area (Å²) in [4.78, 5) is 5.39. The van der Waals surface area contributed by atoms with E-state index in [2.05, 4.69) is 9.97 Å². The zero-order chi connectivity index (χ0) is 20.0.